The average molecular weight is 276 g/mol. The zero-order valence-corrected chi connectivity index (χ0v) is 13.2. The Bertz CT molecular complexity index is 409. The van der Waals surface area contributed by atoms with Crippen LogP contribution >= 0.6 is 0 Å². The van der Waals surface area contributed by atoms with Crippen LogP contribution in [0.5, 0.6) is 0 Å². The number of nitrogens with zero attached hydrogens (tertiary/aromatic N) is 1. The molecule has 0 aliphatic heterocycles. The summed E-state index contributed by atoms with van der Waals surface area (Å²) >= 11 is 0. The van der Waals surface area contributed by atoms with Crippen LogP contribution in [0.3, 0.4) is 0 Å². The fourth-order valence-corrected chi connectivity index (χ4v) is 2.06. The van der Waals surface area contributed by atoms with Crippen molar-refractivity contribution in [3.05, 3.63) is 35.9 Å². The van der Waals surface area contributed by atoms with Gasteiger partial charge < -0.3 is 10.6 Å². The van der Waals surface area contributed by atoms with Gasteiger partial charge in [-0.25, -0.2) is 0 Å². The standard InChI is InChI=1S/C17H28N2O/c1-5-14(2)19(13-15-9-7-6-8-10-15)16(20)11-12-17(3,4)18/h6-10,14H,5,11-13,18H2,1-4H3. The largest absolute Gasteiger partial charge is 0.336 e. The summed E-state index contributed by atoms with van der Waals surface area (Å²) in [6.07, 6.45) is 2.19. The number of benzene rings is 1. The first-order chi connectivity index (χ1) is 9.33. The number of rotatable bonds is 7. The SMILES string of the molecule is CCC(C)N(Cc1ccccc1)C(=O)CCC(C)(C)N. The molecule has 2 N–H and O–H groups in total. The van der Waals surface area contributed by atoms with E-state index in [4.69, 9.17) is 5.73 Å². The van der Waals surface area contributed by atoms with Crippen LogP contribution in [0.15, 0.2) is 30.3 Å². The molecule has 0 aromatic heterocycles. The fraction of sp³-hybridized carbons (Fsp3) is 0.588. The van der Waals surface area contributed by atoms with E-state index in [0.717, 1.165) is 6.42 Å². The maximum atomic E-state index is 12.5. The molecule has 0 aliphatic rings. The Labute approximate surface area is 123 Å². The lowest BCUT2D eigenvalue weighted by Gasteiger charge is -2.30. The van der Waals surface area contributed by atoms with Gasteiger partial charge in [-0.3, -0.25) is 4.79 Å². The molecule has 1 aromatic carbocycles. The summed E-state index contributed by atoms with van der Waals surface area (Å²) in [6, 6.07) is 10.4. The zero-order chi connectivity index (χ0) is 15.2. The lowest BCUT2D eigenvalue weighted by Crippen LogP contribution is -2.40. The highest BCUT2D eigenvalue weighted by atomic mass is 16.2. The van der Waals surface area contributed by atoms with E-state index >= 15 is 0 Å². The Morgan fingerprint density at radius 2 is 1.90 bits per heavy atom. The van der Waals surface area contributed by atoms with Gasteiger partial charge in [0.25, 0.3) is 0 Å². The minimum atomic E-state index is -0.288. The van der Waals surface area contributed by atoms with Crippen LogP contribution in [0.25, 0.3) is 0 Å². The van der Waals surface area contributed by atoms with Crippen molar-refractivity contribution in [2.75, 3.05) is 0 Å². The van der Waals surface area contributed by atoms with Crippen molar-refractivity contribution in [3.63, 3.8) is 0 Å². The number of hydrogen-bond acceptors (Lipinski definition) is 2. The van der Waals surface area contributed by atoms with Crippen molar-refractivity contribution >= 4 is 5.91 Å². The van der Waals surface area contributed by atoms with Crippen molar-refractivity contribution in [2.45, 2.75) is 65.1 Å². The molecule has 0 radical (unpaired) electrons. The molecular weight excluding hydrogens is 248 g/mol. The number of carbonyl (C=O) groups is 1. The average Bonchev–Trinajstić information content (AvgIpc) is 2.41. The Morgan fingerprint density at radius 3 is 2.40 bits per heavy atom. The van der Waals surface area contributed by atoms with Gasteiger partial charge in [0.15, 0.2) is 0 Å². The molecule has 0 saturated carbocycles. The van der Waals surface area contributed by atoms with E-state index in [0.29, 0.717) is 19.4 Å². The highest BCUT2D eigenvalue weighted by molar-refractivity contribution is 5.76. The van der Waals surface area contributed by atoms with Crippen LogP contribution in [0.2, 0.25) is 0 Å². The van der Waals surface area contributed by atoms with Gasteiger partial charge in [-0.05, 0) is 39.2 Å². The molecule has 0 heterocycles. The predicted molar refractivity (Wildman–Crippen MR) is 84.2 cm³/mol. The van der Waals surface area contributed by atoms with Crippen LogP contribution in [0, 0.1) is 0 Å². The van der Waals surface area contributed by atoms with Crippen molar-refractivity contribution in [1.82, 2.24) is 4.90 Å². The van der Waals surface area contributed by atoms with Crippen LogP contribution in [0.4, 0.5) is 0 Å². The Balaban J connectivity index is 2.71. The maximum Gasteiger partial charge on any atom is 0.223 e. The van der Waals surface area contributed by atoms with Gasteiger partial charge in [-0.2, -0.15) is 0 Å². The lowest BCUT2D eigenvalue weighted by atomic mass is 9.99. The van der Waals surface area contributed by atoms with Crippen molar-refractivity contribution < 1.29 is 4.79 Å². The molecule has 0 spiro atoms. The summed E-state index contributed by atoms with van der Waals surface area (Å²) in [7, 11) is 0. The van der Waals surface area contributed by atoms with E-state index in [2.05, 4.69) is 26.0 Å². The minimum absolute atomic E-state index is 0.196. The monoisotopic (exact) mass is 276 g/mol. The van der Waals surface area contributed by atoms with Crippen molar-refractivity contribution in [3.8, 4) is 0 Å². The van der Waals surface area contributed by atoms with Gasteiger partial charge in [0.05, 0.1) is 0 Å². The molecule has 1 atom stereocenters. The van der Waals surface area contributed by atoms with E-state index < -0.39 is 0 Å². The Hall–Kier alpha value is -1.35. The third-order valence-electron chi connectivity index (χ3n) is 3.62. The first kappa shape index (κ1) is 16.7. The third-order valence-corrected chi connectivity index (χ3v) is 3.62. The summed E-state index contributed by atoms with van der Waals surface area (Å²) in [5, 5.41) is 0. The molecule has 1 amide bonds. The van der Waals surface area contributed by atoms with E-state index in [1.54, 1.807) is 0 Å². The first-order valence-corrected chi connectivity index (χ1v) is 7.45. The summed E-state index contributed by atoms with van der Waals surface area (Å²) in [6.45, 7) is 8.83. The Morgan fingerprint density at radius 1 is 1.30 bits per heavy atom. The first-order valence-electron chi connectivity index (χ1n) is 7.45. The topological polar surface area (TPSA) is 46.3 Å². The van der Waals surface area contributed by atoms with Crippen molar-refractivity contribution in [1.29, 1.82) is 0 Å². The zero-order valence-electron chi connectivity index (χ0n) is 13.2. The normalized spacial score (nSPS) is 13.1. The van der Waals surface area contributed by atoms with E-state index in [-0.39, 0.29) is 17.5 Å². The number of nitrogens with two attached hydrogens (primary N) is 1. The molecular formula is C17H28N2O. The quantitative estimate of drug-likeness (QED) is 0.830. The molecule has 1 aromatic rings. The summed E-state index contributed by atoms with van der Waals surface area (Å²) in [5.74, 6) is 0.196. The molecule has 3 heteroatoms. The van der Waals surface area contributed by atoms with E-state index in [1.807, 2.05) is 36.9 Å². The van der Waals surface area contributed by atoms with Crippen LogP contribution < -0.4 is 5.73 Å². The van der Waals surface area contributed by atoms with Gasteiger partial charge in [0.2, 0.25) is 5.91 Å². The van der Waals surface area contributed by atoms with Crippen LogP contribution in [0.1, 0.15) is 52.5 Å². The second kappa shape index (κ2) is 7.44. The van der Waals surface area contributed by atoms with Gasteiger partial charge in [-0.15, -0.1) is 0 Å². The molecule has 0 saturated heterocycles. The third kappa shape index (κ3) is 5.74. The van der Waals surface area contributed by atoms with Crippen molar-refractivity contribution in [2.24, 2.45) is 5.73 Å². The molecule has 0 fully saturated rings. The smallest absolute Gasteiger partial charge is 0.223 e. The minimum Gasteiger partial charge on any atom is -0.336 e. The highest BCUT2D eigenvalue weighted by Gasteiger charge is 2.21. The lowest BCUT2D eigenvalue weighted by molar-refractivity contribution is -0.134. The predicted octanol–water partition coefficient (Wildman–Crippen LogP) is 3.33. The molecule has 20 heavy (non-hydrogen) atoms. The molecule has 112 valence electrons. The summed E-state index contributed by atoms with van der Waals surface area (Å²) in [5.41, 5.74) is 6.86. The molecule has 3 nitrogen and oxygen atoms in total. The maximum absolute atomic E-state index is 12.5. The van der Waals surface area contributed by atoms with Gasteiger partial charge in [-0.1, -0.05) is 37.3 Å². The van der Waals surface area contributed by atoms with Gasteiger partial charge in [0.1, 0.15) is 0 Å². The van der Waals surface area contributed by atoms with E-state index in [9.17, 15) is 4.79 Å². The second-order valence-corrected chi connectivity index (χ2v) is 6.25. The van der Waals surface area contributed by atoms with Crippen LogP contribution in [-0.2, 0) is 11.3 Å². The van der Waals surface area contributed by atoms with E-state index in [1.165, 1.54) is 5.56 Å². The highest BCUT2D eigenvalue weighted by Crippen LogP contribution is 2.15. The Kier molecular flexibility index (Phi) is 6.21. The summed E-state index contributed by atoms with van der Waals surface area (Å²) in [4.78, 5) is 14.4. The molecule has 0 bridgehead atoms. The number of hydrogen-bond donors (Lipinski definition) is 1. The fourth-order valence-electron chi connectivity index (χ4n) is 2.06. The molecule has 0 aliphatic carbocycles. The van der Waals surface area contributed by atoms with Crippen LogP contribution in [-0.4, -0.2) is 22.4 Å². The second-order valence-electron chi connectivity index (χ2n) is 6.25. The van der Waals surface area contributed by atoms with Gasteiger partial charge in [0, 0.05) is 24.5 Å². The molecule has 1 rings (SSSR count). The number of amides is 1. The summed E-state index contributed by atoms with van der Waals surface area (Å²) < 4.78 is 0. The number of carbonyl (C=O) groups excluding carboxylic acids is 1. The molecule has 1 unspecified atom stereocenters. The van der Waals surface area contributed by atoms with Gasteiger partial charge >= 0.3 is 0 Å².